The number of aromatic hydroxyl groups is 1. The topological polar surface area (TPSA) is 32.3 Å². The minimum Gasteiger partial charge on any atom is -0.507 e. The van der Waals surface area contributed by atoms with Crippen molar-refractivity contribution >= 4 is 5.69 Å². The molecule has 0 spiro atoms. The van der Waals surface area contributed by atoms with Crippen molar-refractivity contribution in [2.45, 2.75) is 12.6 Å². The van der Waals surface area contributed by atoms with Crippen LogP contribution in [0.1, 0.15) is 11.1 Å². The summed E-state index contributed by atoms with van der Waals surface area (Å²) in [7, 11) is 0. The Labute approximate surface area is 78.4 Å². The van der Waals surface area contributed by atoms with Crippen LogP contribution in [0.4, 0.5) is 18.9 Å². The number of rotatable bonds is 0. The number of nitrogens with one attached hydrogen (secondary N) is 1. The third-order valence-corrected chi connectivity index (χ3v) is 2.24. The first-order valence-electron chi connectivity index (χ1n) is 4.15. The normalized spacial score (nSPS) is 15.1. The van der Waals surface area contributed by atoms with E-state index in [0.717, 1.165) is 11.6 Å². The van der Waals surface area contributed by atoms with Crippen molar-refractivity contribution in [3.8, 4) is 5.75 Å². The number of hydrogen-bond acceptors (Lipinski definition) is 2. The Morgan fingerprint density at radius 3 is 2.64 bits per heavy atom. The van der Waals surface area contributed by atoms with Gasteiger partial charge in [0.05, 0.1) is 5.56 Å². The van der Waals surface area contributed by atoms with Crippen LogP contribution in [-0.2, 0) is 12.6 Å². The first kappa shape index (κ1) is 9.18. The smallest absolute Gasteiger partial charge is 0.420 e. The number of phenolic OH excluding ortho intramolecular Hbond substituents is 1. The lowest BCUT2D eigenvalue weighted by molar-refractivity contribution is -0.138. The third kappa shape index (κ3) is 1.38. The van der Waals surface area contributed by atoms with Crippen LogP contribution in [0.3, 0.4) is 0 Å². The number of alkyl halides is 3. The van der Waals surface area contributed by atoms with E-state index in [1.54, 1.807) is 0 Å². The van der Waals surface area contributed by atoms with Gasteiger partial charge in [0.2, 0.25) is 0 Å². The molecule has 0 aromatic heterocycles. The van der Waals surface area contributed by atoms with Gasteiger partial charge in [-0.05, 0) is 24.1 Å². The molecule has 2 rings (SSSR count). The van der Waals surface area contributed by atoms with Gasteiger partial charge >= 0.3 is 6.18 Å². The van der Waals surface area contributed by atoms with Crippen molar-refractivity contribution in [1.82, 2.24) is 0 Å². The van der Waals surface area contributed by atoms with Crippen molar-refractivity contribution in [2.75, 3.05) is 11.9 Å². The van der Waals surface area contributed by atoms with Crippen LogP contribution in [0, 0.1) is 0 Å². The van der Waals surface area contributed by atoms with Crippen molar-refractivity contribution in [2.24, 2.45) is 0 Å². The highest BCUT2D eigenvalue weighted by Crippen LogP contribution is 2.39. The van der Waals surface area contributed by atoms with E-state index in [9.17, 15) is 13.2 Å². The van der Waals surface area contributed by atoms with E-state index in [1.807, 2.05) is 0 Å². The van der Waals surface area contributed by atoms with Crippen molar-refractivity contribution in [3.05, 3.63) is 23.3 Å². The zero-order valence-corrected chi connectivity index (χ0v) is 7.15. The van der Waals surface area contributed by atoms with Gasteiger partial charge in [-0.2, -0.15) is 13.2 Å². The number of fused-ring (bicyclic) bond motifs is 1. The van der Waals surface area contributed by atoms with Crippen LogP contribution in [-0.4, -0.2) is 11.7 Å². The molecule has 2 N–H and O–H groups in total. The molecule has 0 bridgehead atoms. The van der Waals surface area contributed by atoms with E-state index in [0.29, 0.717) is 18.7 Å². The molecule has 0 fully saturated rings. The molecular weight excluding hydrogens is 195 g/mol. The minimum absolute atomic E-state index is 0.468. The Kier molecular flexibility index (Phi) is 1.83. The van der Waals surface area contributed by atoms with Gasteiger partial charge in [0.15, 0.2) is 0 Å². The SMILES string of the molecule is Oc1cc2c(cc1C(F)(F)F)NCC2. The lowest BCUT2D eigenvalue weighted by Crippen LogP contribution is -2.05. The van der Waals surface area contributed by atoms with Crippen LogP contribution in [0.5, 0.6) is 5.75 Å². The first-order chi connectivity index (χ1) is 6.48. The van der Waals surface area contributed by atoms with Gasteiger partial charge in [-0.1, -0.05) is 0 Å². The molecule has 0 saturated heterocycles. The lowest BCUT2D eigenvalue weighted by Gasteiger charge is -2.10. The molecule has 0 amide bonds. The van der Waals surface area contributed by atoms with Crippen LogP contribution >= 0.6 is 0 Å². The lowest BCUT2D eigenvalue weighted by atomic mass is 10.1. The second-order valence-electron chi connectivity index (χ2n) is 3.20. The monoisotopic (exact) mass is 203 g/mol. The summed E-state index contributed by atoms with van der Waals surface area (Å²) in [4.78, 5) is 0. The van der Waals surface area contributed by atoms with Gasteiger partial charge in [-0.25, -0.2) is 0 Å². The van der Waals surface area contributed by atoms with Gasteiger partial charge in [0.1, 0.15) is 5.75 Å². The highest BCUT2D eigenvalue weighted by molar-refractivity contribution is 5.61. The number of anilines is 1. The summed E-state index contributed by atoms with van der Waals surface area (Å²) in [5.74, 6) is -0.694. The van der Waals surface area contributed by atoms with Gasteiger partial charge in [-0.3, -0.25) is 0 Å². The standard InChI is InChI=1S/C9H8F3NO/c10-9(11,12)6-4-7-5(1-2-13-7)3-8(6)14/h3-4,13-14H,1-2H2. The predicted molar refractivity (Wildman–Crippen MR) is 45.3 cm³/mol. The number of halogens is 3. The second kappa shape index (κ2) is 2.80. The van der Waals surface area contributed by atoms with Gasteiger partial charge in [-0.15, -0.1) is 0 Å². The summed E-state index contributed by atoms with van der Waals surface area (Å²) in [6, 6.07) is 2.13. The highest BCUT2D eigenvalue weighted by Gasteiger charge is 2.35. The number of phenols is 1. The van der Waals surface area contributed by atoms with Crippen LogP contribution < -0.4 is 5.32 Å². The Hall–Kier alpha value is -1.39. The van der Waals surface area contributed by atoms with Crippen molar-refractivity contribution < 1.29 is 18.3 Å². The van der Waals surface area contributed by atoms with Gasteiger partial charge in [0.25, 0.3) is 0 Å². The van der Waals surface area contributed by atoms with E-state index in [1.165, 1.54) is 6.07 Å². The molecule has 0 saturated carbocycles. The quantitative estimate of drug-likeness (QED) is 0.634. The number of benzene rings is 1. The maximum atomic E-state index is 12.3. The Bertz CT molecular complexity index is 373. The van der Waals surface area contributed by atoms with E-state index in [4.69, 9.17) is 5.11 Å². The average molecular weight is 203 g/mol. The van der Waals surface area contributed by atoms with Gasteiger partial charge in [0, 0.05) is 12.2 Å². The van der Waals surface area contributed by atoms with Crippen molar-refractivity contribution in [3.63, 3.8) is 0 Å². The summed E-state index contributed by atoms with van der Waals surface area (Å²) < 4.78 is 37.0. The molecule has 0 aliphatic carbocycles. The molecule has 0 atom stereocenters. The Morgan fingerprint density at radius 2 is 2.00 bits per heavy atom. The van der Waals surface area contributed by atoms with E-state index >= 15 is 0 Å². The van der Waals surface area contributed by atoms with E-state index in [-0.39, 0.29) is 0 Å². The zero-order chi connectivity index (χ0) is 10.3. The van der Waals surface area contributed by atoms with E-state index < -0.39 is 17.5 Å². The van der Waals surface area contributed by atoms with Crippen LogP contribution in [0.25, 0.3) is 0 Å². The molecule has 1 aliphatic rings. The summed E-state index contributed by atoms with van der Waals surface area (Å²) >= 11 is 0. The van der Waals surface area contributed by atoms with Crippen molar-refractivity contribution in [1.29, 1.82) is 0 Å². The molecule has 1 aromatic rings. The Balaban J connectivity index is 2.53. The fourth-order valence-electron chi connectivity index (χ4n) is 1.56. The summed E-state index contributed by atoms with van der Waals surface area (Å²) in [5.41, 5.74) is 0.219. The van der Waals surface area contributed by atoms with Crippen LogP contribution in [0.2, 0.25) is 0 Å². The fraction of sp³-hybridized carbons (Fsp3) is 0.333. The molecule has 5 heteroatoms. The second-order valence-corrected chi connectivity index (χ2v) is 3.20. The minimum atomic E-state index is -4.50. The fourth-order valence-corrected chi connectivity index (χ4v) is 1.56. The number of hydrogen-bond donors (Lipinski definition) is 2. The molecule has 1 heterocycles. The largest absolute Gasteiger partial charge is 0.507 e. The summed E-state index contributed by atoms with van der Waals surface area (Å²) in [5, 5.41) is 12.0. The Morgan fingerprint density at radius 1 is 1.29 bits per heavy atom. The molecule has 0 unspecified atom stereocenters. The van der Waals surface area contributed by atoms with Gasteiger partial charge < -0.3 is 10.4 Å². The molecule has 14 heavy (non-hydrogen) atoms. The molecular formula is C9H8F3NO. The molecule has 2 nitrogen and oxygen atoms in total. The maximum Gasteiger partial charge on any atom is 0.420 e. The molecule has 1 aromatic carbocycles. The van der Waals surface area contributed by atoms with E-state index in [2.05, 4.69) is 5.32 Å². The average Bonchev–Trinajstić information content (AvgIpc) is 2.47. The predicted octanol–water partition coefficient (Wildman–Crippen LogP) is 2.38. The molecule has 1 aliphatic heterocycles. The molecule has 0 radical (unpaired) electrons. The summed E-state index contributed by atoms with van der Waals surface area (Å²) in [6.45, 7) is 0.621. The highest BCUT2D eigenvalue weighted by atomic mass is 19.4. The summed E-state index contributed by atoms with van der Waals surface area (Å²) in [6.07, 6.45) is -3.84. The molecule has 76 valence electrons. The van der Waals surface area contributed by atoms with Crippen LogP contribution in [0.15, 0.2) is 12.1 Å². The maximum absolute atomic E-state index is 12.3. The zero-order valence-electron chi connectivity index (χ0n) is 7.15. The third-order valence-electron chi connectivity index (χ3n) is 2.24. The first-order valence-corrected chi connectivity index (χ1v) is 4.15.